The lowest BCUT2D eigenvalue weighted by Crippen LogP contribution is -2.24. The van der Waals surface area contributed by atoms with Gasteiger partial charge >= 0.3 is 0 Å². The second-order valence-electron chi connectivity index (χ2n) is 6.66. The Morgan fingerprint density at radius 3 is 2.72 bits per heavy atom. The van der Waals surface area contributed by atoms with Crippen LogP contribution in [0, 0.1) is 11.3 Å². The van der Waals surface area contributed by atoms with Crippen molar-refractivity contribution in [3.8, 4) is 6.07 Å². The highest BCUT2D eigenvalue weighted by Crippen LogP contribution is 2.27. The normalized spacial score (nSPS) is 10.7. The minimum atomic E-state index is -0.230. The molecule has 9 heteroatoms. The van der Waals surface area contributed by atoms with Crippen LogP contribution in [0.15, 0.2) is 86.2 Å². The minimum Gasteiger partial charge on any atom is -0.467 e. The maximum Gasteiger partial charge on any atom is 0.262 e. The Morgan fingerprint density at radius 1 is 1.09 bits per heavy atom. The first-order valence-electron chi connectivity index (χ1n) is 9.69. The van der Waals surface area contributed by atoms with Crippen molar-refractivity contribution in [3.05, 3.63) is 83.0 Å². The zero-order valence-electron chi connectivity index (χ0n) is 16.9. The topological polar surface area (TPSA) is 101 Å². The molecule has 0 atom stereocenters. The Bertz CT molecular complexity index is 1340. The summed E-state index contributed by atoms with van der Waals surface area (Å²) < 4.78 is 6.93. The van der Waals surface area contributed by atoms with Gasteiger partial charge in [0.05, 0.1) is 47.0 Å². The number of aromatic nitrogens is 2. The Labute approximate surface area is 192 Å². The van der Waals surface area contributed by atoms with Gasteiger partial charge in [-0.25, -0.2) is 4.98 Å². The Hall–Kier alpha value is -3.48. The van der Waals surface area contributed by atoms with Crippen LogP contribution in [0.4, 0.5) is 5.69 Å². The van der Waals surface area contributed by atoms with Crippen LogP contribution < -0.4 is 10.9 Å². The van der Waals surface area contributed by atoms with E-state index in [4.69, 9.17) is 9.68 Å². The number of hydrogen-bond acceptors (Lipinski definition) is 7. The first-order valence-corrected chi connectivity index (χ1v) is 11.7. The SMILES string of the molecule is N#CCSc1ccccc1NC(=O)CSc1nc2ccccc2c(=O)n1Cc1ccco1. The molecule has 7 nitrogen and oxygen atoms in total. The predicted molar refractivity (Wildman–Crippen MR) is 126 cm³/mol. The third kappa shape index (κ3) is 5.04. The Kier molecular flexibility index (Phi) is 6.94. The molecule has 4 rings (SSSR count). The van der Waals surface area contributed by atoms with Gasteiger partial charge in [-0.2, -0.15) is 5.26 Å². The second-order valence-corrected chi connectivity index (χ2v) is 8.62. The van der Waals surface area contributed by atoms with Crippen molar-refractivity contribution < 1.29 is 9.21 Å². The summed E-state index contributed by atoms with van der Waals surface area (Å²) in [5.74, 6) is 0.757. The average Bonchev–Trinajstić information content (AvgIpc) is 3.32. The van der Waals surface area contributed by atoms with E-state index in [1.54, 1.807) is 42.7 Å². The number of carbonyl (C=O) groups excluding carboxylic acids is 1. The van der Waals surface area contributed by atoms with Gasteiger partial charge in [-0.05, 0) is 36.4 Å². The Balaban J connectivity index is 1.56. The van der Waals surface area contributed by atoms with Gasteiger partial charge in [-0.3, -0.25) is 14.2 Å². The van der Waals surface area contributed by atoms with Crippen LogP contribution in [0.2, 0.25) is 0 Å². The maximum atomic E-state index is 13.1. The number of thioether (sulfide) groups is 2. The van der Waals surface area contributed by atoms with E-state index < -0.39 is 0 Å². The molecule has 0 fully saturated rings. The molecule has 2 aromatic carbocycles. The fourth-order valence-electron chi connectivity index (χ4n) is 3.08. The van der Waals surface area contributed by atoms with E-state index in [1.807, 2.05) is 24.3 Å². The number of anilines is 1. The molecule has 0 spiro atoms. The zero-order chi connectivity index (χ0) is 22.3. The van der Waals surface area contributed by atoms with Crippen molar-refractivity contribution in [2.45, 2.75) is 16.6 Å². The number of rotatable bonds is 8. The summed E-state index contributed by atoms with van der Waals surface area (Å²) in [5.41, 5.74) is 1.04. The lowest BCUT2D eigenvalue weighted by Gasteiger charge is -2.13. The molecule has 0 aliphatic rings. The number of nitriles is 1. The number of hydrogen-bond donors (Lipinski definition) is 1. The number of furan rings is 1. The van der Waals surface area contributed by atoms with Crippen molar-refractivity contribution in [3.63, 3.8) is 0 Å². The number of nitrogens with zero attached hydrogens (tertiary/aromatic N) is 3. The number of fused-ring (bicyclic) bond motifs is 1. The average molecular weight is 463 g/mol. The van der Waals surface area contributed by atoms with Gasteiger partial charge in [0.25, 0.3) is 5.56 Å². The molecule has 0 aliphatic heterocycles. The first-order chi connectivity index (χ1) is 15.7. The van der Waals surface area contributed by atoms with Gasteiger partial charge in [0.2, 0.25) is 5.91 Å². The fourth-order valence-corrected chi connectivity index (χ4v) is 4.55. The molecule has 0 saturated carbocycles. The number of nitrogens with one attached hydrogen (secondary N) is 1. The highest BCUT2D eigenvalue weighted by Gasteiger charge is 2.15. The zero-order valence-corrected chi connectivity index (χ0v) is 18.5. The smallest absolute Gasteiger partial charge is 0.262 e. The van der Waals surface area contributed by atoms with Crippen LogP contribution in [0.25, 0.3) is 10.9 Å². The highest BCUT2D eigenvalue weighted by molar-refractivity contribution is 8.00. The molecule has 2 aromatic heterocycles. The monoisotopic (exact) mass is 462 g/mol. The van der Waals surface area contributed by atoms with Crippen molar-refractivity contribution >= 4 is 46.0 Å². The second kappa shape index (κ2) is 10.2. The molecule has 160 valence electrons. The third-order valence-corrected chi connectivity index (χ3v) is 6.42. The summed E-state index contributed by atoms with van der Waals surface area (Å²) in [6.45, 7) is 0.223. The molecular formula is C23H18N4O3S2. The van der Waals surface area contributed by atoms with Crippen molar-refractivity contribution in [1.29, 1.82) is 5.26 Å². The van der Waals surface area contributed by atoms with E-state index in [0.29, 0.717) is 33.3 Å². The Morgan fingerprint density at radius 2 is 1.91 bits per heavy atom. The number of benzene rings is 2. The van der Waals surface area contributed by atoms with Crippen LogP contribution in [0.1, 0.15) is 5.76 Å². The van der Waals surface area contributed by atoms with E-state index in [9.17, 15) is 9.59 Å². The van der Waals surface area contributed by atoms with Crippen LogP contribution in [0.5, 0.6) is 0 Å². The van der Waals surface area contributed by atoms with Gasteiger partial charge < -0.3 is 9.73 Å². The molecule has 0 aliphatic carbocycles. The van der Waals surface area contributed by atoms with E-state index in [2.05, 4.69) is 16.4 Å². The highest BCUT2D eigenvalue weighted by atomic mass is 32.2. The molecule has 2 heterocycles. The molecule has 0 bridgehead atoms. The fraction of sp³-hybridized carbons (Fsp3) is 0.130. The summed E-state index contributed by atoms with van der Waals surface area (Å²) >= 11 is 2.55. The van der Waals surface area contributed by atoms with Crippen LogP contribution in [-0.2, 0) is 11.3 Å². The summed E-state index contributed by atoms with van der Waals surface area (Å²) in [6.07, 6.45) is 1.55. The van der Waals surface area contributed by atoms with E-state index >= 15 is 0 Å². The number of carbonyl (C=O) groups is 1. The van der Waals surface area contributed by atoms with Crippen molar-refractivity contribution in [1.82, 2.24) is 9.55 Å². The molecule has 4 aromatic rings. The minimum absolute atomic E-state index is 0.0696. The van der Waals surface area contributed by atoms with Crippen LogP contribution in [-0.4, -0.2) is 27.0 Å². The van der Waals surface area contributed by atoms with Crippen molar-refractivity contribution in [2.24, 2.45) is 0 Å². The van der Waals surface area contributed by atoms with Gasteiger partial charge in [0, 0.05) is 4.90 Å². The summed E-state index contributed by atoms with van der Waals surface area (Å²) in [6, 6.07) is 20.1. The van der Waals surface area contributed by atoms with Gasteiger partial charge in [0.1, 0.15) is 5.76 Å². The van der Waals surface area contributed by atoms with Crippen LogP contribution in [0.3, 0.4) is 0 Å². The molecule has 0 saturated heterocycles. The summed E-state index contributed by atoms with van der Waals surface area (Å²) in [7, 11) is 0. The first kappa shape index (κ1) is 21.7. The number of para-hydroxylation sites is 2. The summed E-state index contributed by atoms with van der Waals surface area (Å²) in [4.78, 5) is 31.2. The maximum absolute atomic E-state index is 13.1. The molecule has 32 heavy (non-hydrogen) atoms. The van der Waals surface area contributed by atoms with Gasteiger partial charge in [-0.15, -0.1) is 11.8 Å². The molecular weight excluding hydrogens is 444 g/mol. The number of amides is 1. The standard InChI is InChI=1S/C23H18N4O3S2/c24-11-13-31-20-10-4-3-9-19(20)25-21(28)15-32-23-26-18-8-2-1-7-17(18)22(29)27(23)14-16-6-5-12-30-16/h1-10,12H,13-15H2,(H,25,28). The largest absolute Gasteiger partial charge is 0.467 e. The quantitative estimate of drug-likeness (QED) is 0.306. The van der Waals surface area contributed by atoms with Gasteiger partial charge in [-0.1, -0.05) is 36.0 Å². The summed E-state index contributed by atoms with van der Waals surface area (Å²) in [5, 5.41) is 12.7. The van der Waals surface area contributed by atoms with Crippen molar-refractivity contribution in [2.75, 3.05) is 16.8 Å². The predicted octanol–water partition coefficient (Wildman–Crippen LogP) is 4.38. The molecule has 0 radical (unpaired) electrons. The molecule has 1 amide bonds. The van der Waals surface area contributed by atoms with E-state index in [0.717, 1.165) is 4.90 Å². The van der Waals surface area contributed by atoms with E-state index in [-0.39, 0.29) is 23.8 Å². The third-order valence-electron chi connectivity index (χ3n) is 4.51. The molecule has 1 N–H and O–H groups in total. The lowest BCUT2D eigenvalue weighted by atomic mass is 10.2. The lowest BCUT2D eigenvalue weighted by molar-refractivity contribution is -0.113. The molecule has 0 unspecified atom stereocenters. The van der Waals surface area contributed by atoms with Crippen LogP contribution >= 0.6 is 23.5 Å². The van der Waals surface area contributed by atoms with E-state index in [1.165, 1.54) is 28.1 Å². The van der Waals surface area contributed by atoms with Gasteiger partial charge in [0.15, 0.2) is 5.16 Å².